The molecule has 0 saturated heterocycles. The summed E-state index contributed by atoms with van der Waals surface area (Å²) in [5.41, 5.74) is 2.27. The van der Waals surface area contributed by atoms with Crippen LogP contribution in [0.5, 0.6) is 11.5 Å². The zero-order valence-corrected chi connectivity index (χ0v) is 20.8. The first-order valence-electron chi connectivity index (χ1n) is 10.1. The molecule has 3 rings (SSSR count). The molecule has 0 aliphatic rings. The van der Waals surface area contributed by atoms with E-state index in [1.165, 1.54) is 21.8 Å². The van der Waals surface area contributed by atoms with Gasteiger partial charge in [-0.1, -0.05) is 29.0 Å². The predicted molar refractivity (Wildman–Crippen MR) is 133 cm³/mol. The van der Waals surface area contributed by atoms with Crippen LogP contribution in [0, 0.1) is 6.92 Å². The maximum Gasteiger partial charge on any atom is 0.248 e. The highest BCUT2D eigenvalue weighted by Crippen LogP contribution is 2.33. The largest absolute Gasteiger partial charge is 0.493 e. The van der Waals surface area contributed by atoms with Gasteiger partial charge < -0.3 is 14.0 Å². The lowest BCUT2D eigenvalue weighted by Crippen LogP contribution is -2.18. The van der Waals surface area contributed by atoms with Crippen molar-refractivity contribution in [1.29, 1.82) is 0 Å². The van der Waals surface area contributed by atoms with Gasteiger partial charge in [0.15, 0.2) is 16.3 Å². The quantitative estimate of drug-likeness (QED) is 0.290. The van der Waals surface area contributed by atoms with Gasteiger partial charge in [0.2, 0.25) is 5.91 Å². The number of hydrogen-bond donors (Lipinski definition) is 0. The molecule has 1 aromatic heterocycles. The molecule has 0 radical (unpaired) electrons. The number of carbonyl (C=O) groups is 1. The minimum absolute atomic E-state index is 0.0760. The van der Waals surface area contributed by atoms with Crippen molar-refractivity contribution < 1.29 is 14.3 Å². The lowest BCUT2D eigenvalue weighted by molar-refractivity contribution is -0.118. The lowest BCUT2D eigenvalue weighted by Gasteiger charge is -2.09. The van der Waals surface area contributed by atoms with Gasteiger partial charge in [-0.25, -0.2) is 0 Å². The normalized spacial score (nSPS) is 11.8. The van der Waals surface area contributed by atoms with Crippen LogP contribution < -0.4 is 14.3 Å². The number of ether oxygens (including phenoxy) is 2. The fourth-order valence-electron chi connectivity index (χ4n) is 3.09. The Morgan fingerprint density at radius 2 is 1.81 bits per heavy atom. The van der Waals surface area contributed by atoms with Crippen molar-refractivity contribution in [2.75, 3.05) is 32.0 Å². The van der Waals surface area contributed by atoms with E-state index >= 15 is 0 Å². The van der Waals surface area contributed by atoms with E-state index in [0.717, 1.165) is 39.5 Å². The van der Waals surface area contributed by atoms with Gasteiger partial charge in [-0.15, -0.1) is 11.8 Å². The highest BCUT2D eigenvalue weighted by molar-refractivity contribution is 7.99. The maximum atomic E-state index is 12.6. The molecule has 1 amide bonds. The first kappa shape index (κ1) is 23.8. The second-order valence-electron chi connectivity index (χ2n) is 6.97. The van der Waals surface area contributed by atoms with E-state index in [-0.39, 0.29) is 5.91 Å². The average molecular weight is 477 g/mol. The lowest BCUT2D eigenvalue weighted by atomic mass is 10.2. The van der Waals surface area contributed by atoms with Crippen LogP contribution in [0.2, 0.25) is 0 Å². The molecule has 0 fully saturated rings. The number of hydrogen-bond acceptors (Lipinski definition) is 6. The Morgan fingerprint density at radius 3 is 2.48 bits per heavy atom. The van der Waals surface area contributed by atoms with Crippen LogP contribution in [0.1, 0.15) is 18.4 Å². The number of aromatic nitrogens is 1. The SMILES string of the molecule is COc1cc2sc(=NC(=O)CCCSc3ccc(C)cc3)n(CCSC)c2cc1OC. The second-order valence-corrected chi connectivity index (χ2v) is 10.1. The molecular formula is C23H28N2O3S3. The van der Waals surface area contributed by atoms with E-state index in [9.17, 15) is 4.79 Å². The number of benzene rings is 2. The van der Waals surface area contributed by atoms with Crippen molar-refractivity contribution in [2.24, 2.45) is 4.99 Å². The predicted octanol–water partition coefficient (Wildman–Crippen LogP) is 5.39. The summed E-state index contributed by atoms with van der Waals surface area (Å²) < 4.78 is 14.0. The molecule has 0 atom stereocenters. The number of fused-ring (bicyclic) bond motifs is 1. The summed E-state index contributed by atoms with van der Waals surface area (Å²) in [5, 5.41) is 0. The molecule has 0 unspecified atom stereocenters. The summed E-state index contributed by atoms with van der Waals surface area (Å²) >= 11 is 5.06. The zero-order valence-electron chi connectivity index (χ0n) is 18.3. The number of aryl methyl sites for hydroxylation is 2. The van der Waals surface area contributed by atoms with Gasteiger partial charge in [0, 0.05) is 35.7 Å². The van der Waals surface area contributed by atoms with Crippen molar-refractivity contribution in [1.82, 2.24) is 4.57 Å². The van der Waals surface area contributed by atoms with Crippen LogP contribution in [0.15, 0.2) is 46.3 Å². The first-order chi connectivity index (χ1) is 15.0. The molecule has 0 bridgehead atoms. The van der Waals surface area contributed by atoms with Crippen molar-refractivity contribution >= 4 is 51.0 Å². The van der Waals surface area contributed by atoms with E-state index in [0.29, 0.717) is 17.9 Å². The van der Waals surface area contributed by atoms with Gasteiger partial charge in [-0.05, 0) is 37.5 Å². The van der Waals surface area contributed by atoms with Crippen LogP contribution in [0.25, 0.3) is 10.2 Å². The van der Waals surface area contributed by atoms with E-state index in [4.69, 9.17) is 9.47 Å². The Labute approximate surface area is 195 Å². The fourth-order valence-corrected chi connectivity index (χ4v) is 5.39. The smallest absolute Gasteiger partial charge is 0.248 e. The summed E-state index contributed by atoms with van der Waals surface area (Å²) in [5.74, 6) is 3.12. The van der Waals surface area contributed by atoms with Crippen LogP contribution in [-0.2, 0) is 11.3 Å². The molecule has 0 spiro atoms. The molecule has 3 aromatic rings. The van der Waals surface area contributed by atoms with Crippen LogP contribution in [0.3, 0.4) is 0 Å². The second kappa shape index (κ2) is 11.6. The van der Waals surface area contributed by atoms with E-state index in [2.05, 4.69) is 47.0 Å². The summed E-state index contributed by atoms with van der Waals surface area (Å²) in [6.07, 6.45) is 3.33. The number of methoxy groups -OCH3 is 2. The molecule has 2 aromatic carbocycles. The highest BCUT2D eigenvalue weighted by Gasteiger charge is 2.13. The monoisotopic (exact) mass is 476 g/mol. The Hall–Kier alpha value is -1.90. The zero-order chi connectivity index (χ0) is 22.2. The molecular weight excluding hydrogens is 448 g/mol. The third-order valence-corrected chi connectivity index (χ3v) is 7.48. The minimum atomic E-state index is -0.0760. The standard InChI is InChI=1S/C23H28N2O3S3/c1-16-7-9-17(10-8-16)30-12-5-6-22(26)24-23-25(11-13-29-4)18-14-19(27-2)20(28-3)15-21(18)31-23/h7-10,14-15H,5-6,11-13H2,1-4H3. The summed E-state index contributed by atoms with van der Waals surface area (Å²) in [7, 11) is 3.26. The molecule has 8 heteroatoms. The van der Waals surface area contributed by atoms with Gasteiger partial charge in [-0.3, -0.25) is 4.79 Å². The summed E-state index contributed by atoms with van der Waals surface area (Å²) in [6, 6.07) is 12.4. The van der Waals surface area contributed by atoms with Crippen molar-refractivity contribution in [2.45, 2.75) is 31.2 Å². The molecule has 0 saturated carbocycles. The van der Waals surface area contributed by atoms with Gasteiger partial charge in [-0.2, -0.15) is 16.8 Å². The van der Waals surface area contributed by atoms with E-state index in [1.54, 1.807) is 37.7 Å². The number of carbonyl (C=O) groups excluding carboxylic acids is 1. The molecule has 0 N–H and O–H groups in total. The summed E-state index contributed by atoms with van der Waals surface area (Å²) in [6.45, 7) is 2.87. The van der Waals surface area contributed by atoms with Gasteiger partial charge in [0.1, 0.15) is 0 Å². The molecule has 0 aliphatic carbocycles. The maximum absolute atomic E-state index is 12.6. The molecule has 166 valence electrons. The van der Waals surface area contributed by atoms with Gasteiger partial charge in [0.25, 0.3) is 0 Å². The molecule has 1 heterocycles. The number of thiazole rings is 1. The van der Waals surface area contributed by atoms with Crippen LogP contribution in [-0.4, -0.2) is 42.5 Å². The van der Waals surface area contributed by atoms with Gasteiger partial charge >= 0.3 is 0 Å². The van der Waals surface area contributed by atoms with Crippen molar-refractivity contribution in [3.63, 3.8) is 0 Å². The van der Waals surface area contributed by atoms with E-state index in [1.807, 2.05) is 12.1 Å². The number of thioether (sulfide) groups is 2. The summed E-state index contributed by atoms with van der Waals surface area (Å²) in [4.78, 5) is 19.0. The Bertz CT molecular complexity index is 1090. The third kappa shape index (κ3) is 6.30. The first-order valence-corrected chi connectivity index (χ1v) is 13.3. The van der Waals surface area contributed by atoms with Crippen molar-refractivity contribution in [3.05, 3.63) is 46.8 Å². The Kier molecular flexibility index (Phi) is 8.92. The molecule has 31 heavy (non-hydrogen) atoms. The highest BCUT2D eigenvalue weighted by atomic mass is 32.2. The number of rotatable bonds is 10. The molecule has 5 nitrogen and oxygen atoms in total. The number of amides is 1. The fraction of sp³-hybridized carbons (Fsp3) is 0.391. The van der Waals surface area contributed by atoms with Gasteiger partial charge in [0.05, 0.1) is 24.4 Å². The topological polar surface area (TPSA) is 52.8 Å². The molecule has 0 aliphatic heterocycles. The third-order valence-electron chi connectivity index (χ3n) is 4.75. The Balaban J connectivity index is 1.75. The van der Waals surface area contributed by atoms with Crippen molar-refractivity contribution in [3.8, 4) is 11.5 Å². The average Bonchev–Trinajstić information content (AvgIpc) is 3.10. The number of nitrogens with zero attached hydrogens (tertiary/aromatic N) is 2. The van der Waals surface area contributed by atoms with E-state index < -0.39 is 0 Å². The van der Waals surface area contributed by atoms with Crippen LogP contribution in [0.4, 0.5) is 0 Å². The Morgan fingerprint density at radius 1 is 1.10 bits per heavy atom. The minimum Gasteiger partial charge on any atom is -0.493 e. The van der Waals surface area contributed by atoms with Crippen LogP contribution >= 0.6 is 34.9 Å².